The number of hydrogen-bond acceptors (Lipinski definition) is 3. The highest BCUT2D eigenvalue weighted by Crippen LogP contribution is 2.38. The van der Waals surface area contributed by atoms with E-state index < -0.39 is 5.97 Å². The molecular weight excluding hydrogens is 462 g/mol. The molecule has 0 aliphatic rings. The minimum absolute atomic E-state index is 0.179. The summed E-state index contributed by atoms with van der Waals surface area (Å²) in [6, 6.07) is 10.9. The molecule has 4 nitrogen and oxygen atoms in total. The van der Waals surface area contributed by atoms with E-state index in [0.29, 0.717) is 20.4 Å². The molecule has 0 spiro atoms. The summed E-state index contributed by atoms with van der Waals surface area (Å²) in [6.07, 6.45) is 2.03. The van der Waals surface area contributed by atoms with Gasteiger partial charge < -0.3 is 9.84 Å². The van der Waals surface area contributed by atoms with Gasteiger partial charge in [-0.2, -0.15) is 0 Å². The first kappa shape index (κ1) is 18.9. The molecule has 0 fully saturated rings. The van der Waals surface area contributed by atoms with Crippen molar-refractivity contribution in [2.75, 3.05) is 0 Å². The predicted octanol–water partition coefficient (Wildman–Crippen LogP) is 6.51. The first-order valence-electron chi connectivity index (χ1n) is 8.19. The molecule has 0 bridgehead atoms. The average molecular weight is 479 g/mol. The van der Waals surface area contributed by atoms with Crippen LogP contribution in [0.2, 0.25) is 0 Å². The number of nitrogens with zero attached hydrogens (tertiary/aromatic N) is 1. The van der Waals surface area contributed by atoms with Crippen molar-refractivity contribution in [3.05, 3.63) is 62.2 Å². The number of carboxylic acid groups (broad SMARTS) is 1. The summed E-state index contributed by atoms with van der Waals surface area (Å²) in [5.74, 6) is 0.200. The smallest absolute Gasteiger partial charge is 0.335 e. The number of carboxylic acids is 1. The summed E-state index contributed by atoms with van der Waals surface area (Å²) in [4.78, 5) is 15.8. The van der Waals surface area contributed by atoms with Gasteiger partial charge in [0.25, 0.3) is 0 Å². The van der Waals surface area contributed by atoms with Crippen molar-refractivity contribution in [2.24, 2.45) is 0 Å². The van der Waals surface area contributed by atoms with Crippen molar-refractivity contribution in [1.82, 2.24) is 4.98 Å². The number of ether oxygens (including phenoxy) is 1. The molecule has 0 radical (unpaired) electrons. The lowest BCUT2D eigenvalue weighted by atomic mass is 10.1. The summed E-state index contributed by atoms with van der Waals surface area (Å²) < 4.78 is 7.14. The second-order valence-corrected chi connectivity index (χ2v) is 7.74. The number of benzene rings is 2. The van der Waals surface area contributed by atoms with Crippen molar-refractivity contribution in [3.8, 4) is 11.5 Å². The first-order chi connectivity index (χ1) is 12.4. The molecule has 1 N–H and O–H groups in total. The number of rotatable bonds is 5. The van der Waals surface area contributed by atoms with Crippen LogP contribution in [0.4, 0.5) is 0 Å². The Morgan fingerprint density at radius 2 is 1.85 bits per heavy atom. The number of pyridine rings is 1. The number of aryl methyl sites for hydroxylation is 2. The van der Waals surface area contributed by atoms with E-state index in [4.69, 9.17) is 14.8 Å². The zero-order valence-corrected chi connectivity index (χ0v) is 17.5. The van der Waals surface area contributed by atoms with E-state index in [1.807, 2.05) is 18.2 Å². The molecule has 0 saturated heterocycles. The SMILES string of the molecule is CCCc1cc(C)c2cc(Oc3c(Br)cc(C(=O)O)cc3Br)ccc2n1. The van der Waals surface area contributed by atoms with Gasteiger partial charge in [-0.25, -0.2) is 4.79 Å². The van der Waals surface area contributed by atoms with Gasteiger partial charge in [-0.15, -0.1) is 0 Å². The molecular formula is C20H17Br2NO3. The number of aromatic nitrogens is 1. The lowest BCUT2D eigenvalue weighted by molar-refractivity contribution is 0.0696. The largest absolute Gasteiger partial charge is 0.478 e. The fourth-order valence-electron chi connectivity index (χ4n) is 2.79. The maximum Gasteiger partial charge on any atom is 0.335 e. The Hall–Kier alpha value is -1.92. The normalized spacial score (nSPS) is 10.9. The van der Waals surface area contributed by atoms with Crippen LogP contribution < -0.4 is 4.74 Å². The van der Waals surface area contributed by atoms with Crippen molar-refractivity contribution in [1.29, 1.82) is 0 Å². The van der Waals surface area contributed by atoms with Crippen LogP contribution in [-0.4, -0.2) is 16.1 Å². The molecule has 0 amide bonds. The van der Waals surface area contributed by atoms with Crippen LogP contribution in [0, 0.1) is 6.92 Å². The van der Waals surface area contributed by atoms with Gasteiger partial charge >= 0.3 is 5.97 Å². The third-order valence-corrected chi connectivity index (χ3v) is 5.19. The average Bonchev–Trinajstić information content (AvgIpc) is 2.58. The summed E-state index contributed by atoms with van der Waals surface area (Å²) in [7, 11) is 0. The Bertz CT molecular complexity index is 979. The Labute approximate surface area is 168 Å². The van der Waals surface area contributed by atoms with E-state index >= 15 is 0 Å². The summed E-state index contributed by atoms with van der Waals surface area (Å²) >= 11 is 6.77. The molecule has 6 heteroatoms. The topological polar surface area (TPSA) is 59.4 Å². The Kier molecular flexibility index (Phi) is 5.63. The van der Waals surface area contributed by atoms with Gasteiger partial charge in [0.2, 0.25) is 0 Å². The lowest BCUT2D eigenvalue weighted by Gasteiger charge is -2.12. The third-order valence-electron chi connectivity index (χ3n) is 4.01. The summed E-state index contributed by atoms with van der Waals surface area (Å²) in [5.41, 5.74) is 3.38. The van der Waals surface area contributed by atoms with Crippen LogP contribution in [0.3, 0.4) is 0 Å². The molecule has 1 heterocycles. The molecule has 26 heavy (non-hydrogen) atoms. The number of carbonyl (C=O) groups is 1. The monoisotopic (exact) mass is 477 g/mol. The molecule has 0 atom stereocenters. The maximum atomic E-state index is 11.1. The standard InChI is InChI=1S/C20H17Br2NO3/c1-3-4-13-7-11(2)15-10-14(5-6-18(15)23-13)26-19-16(21)8-12(20(24)25)9-17(19)22/h5-10H,3-4H2,1-2H3,(H,24,25). The van der Waals surface area contributed by atoms with Crippen LogP contribution in [0.25, 0.3) is 10.9 Å². The summed E-state index contributed by atoms with van der Waals surface area (Å²) in [5, 5.41) is 10.2. The second-order valence-electron chi connectivity index (χ2n) is 6.04. The predicted molar refractivity (Wildman–Crippen MR) is 109 cm³/mol. The lowest BCUT2D eigenvalue weighted by Crippen LogP contribution is -1.98. The van der Waals surface area contributed by atoms with E-state index in [-0.39, 0.29) is 5.56 Å². The fourth-order valence-corrected chi connectivity index (χ4v) is 4.14. The molecule has 0 aliphatic heterocycles. The van der Waals surface area contributed by atoms with Crippen molar-refractivity contribution < 1.29 is 14.6 Å². The number of aromatic carboxylic acids is 1. The van der Waals surface area contributed by atoms with E-state index in [9.17, 15) is 4.79 Å². The molecule has 1 aromatic heterocycles. The van der Waals surface area contributed by atoms with E-state index in [1.165, 1.54) is 12.1 Å². The van der Waals surface area contributed by atoms with Crippen molar-refractivity contribution >= 4 is 48.7 Å². The van der Waals surface area contributed by atoms with Gasteiger partial charge in [-0.1, -0.05) is 13.3 Å². The molecule has 0 saturated carbocycles. The first-order valence-corrected chi connectivity index (χ1v) is 9.78. The summed E-state index contributed by atoms with van der Waals surface area (Å²) in [6.45, 7) is 4.21. The minimum Gasteiger partial charge on any atom is -0.478 e. The van der Waals surface area contributed by atoms with Crippen LogP contribution >= 0.6 is 31.9 Å². The Morgan fingerprint density at radius 1 is 1.15 bits per heavy atom. The van der Waals surface area contributed by atoms with Crippen LogP contribution in [0.5, 0.6) is 11.5 Å². The molecule has 0 aliphatic carbocycles. The third kappa shape index (κ3) is 3.91. The number of hydrogen-bond donors (Lipinski definition) is 1. The van der Waals surface area contributed by atoms with Crippen LogP contribution in [0.15, 0.2) is 45.3 Å². The van der Waals surface area contributed by atoms with E-state index in [1.54, 1.807) is 0 Å². The quantitative estimate of drug-likeness (QED) is 0.454. The molecule has 2 aromatic carbocycles. The van der Waals surface area contributed by atoms with Gasteiger partial charge in [-0.05, 0) is 87.2 Å². The van der Waals surface area contributed by atoms with Gasteiger partial charge in [-0.3, -0.25) is 4.98 Å². The van der Waals surface area contributed by atoms with Gasteiger partial charge in [0.05, 0.1) is 20.0 Å². The molecule has 0 unspecified atom stereocenters. The van der Waals surface area contributed by atoms with E-state index in [2.05, 4.69) is 51.8 Å². The molecule has 134 valence electrons. The minimum atomic E-state index is -0.992. The van der Waals surface area contributed by atoms with Crippen LogP contribution in [0.1, 0.15) is 35.0 Å². The molecule has 3 aromatic rings. The zero-order valence-electron chi connectivity index (χ0n) is 14.3. The van der Waals surface area contributed by atoms with Gasteiger partial charge in [0.1, 0.15) is 5.75 Å². The Morgan fingerprint density at radius 3 is 2.46 bits per heavy atom. The second kappa shape index (κ2) is 7.76. The highest BCUT2D eigenvalue weighted by molar-refractivity contribution is 9.11. The fraction of sp³-hybridized carbons (Fsp3) is 0.200. The van der Waals surface area contributed by atoms with Gasteiger partial charge in [0, 0.05) is 11.1 Å². The Balaban J connectivity index is 1.98. The molecule has 3 rings (SSSR count). The number of halogens is 2. The highest BCUT2D eigenvalue weighted by Gasteiger charge is 2.14. The highest BCUT2D eigenvalue weighted by atomic mass is 79.9. The van der Waals surface area contributed by atoms with Gasteiger partial charge in [0.15, 0.2) is 5.75 Å². The number of fused-ring (bicyclic) bond motifs is 1. The maximum absolute atomic E-state index is 11.1. The van der Waals surface area contributed by atoms with E-state index in [0.717, 1.165) is 35.0 Å². The van der Waals surface area contributed by atoms with Crippen molar-refractivity contribution in [2.45, 2.75) is 26.7 Å². The van der Waals surface area contributed by atoms with Crippen LogP contribution in [-0.2, 0) is 6.42 Å². The van der Waals surface area contributed by atoms with Crippen molar-refractivity contribution in [3.63, 3.8) is 0 Å². The zero-order chi connectivity index (χ0) is 18.8.